The van der Waals surface area contributed by atoms with Crippen molar-refractivity contribution in [3.8, 4) is 6.07 Å². The average Bonchev–Trinajstić information content (AvgIpc) is 2.62. The molecule has 2 heterocycles. The zero-order chi connectivity index (χ0) is 19.4. The van der Waals surface area contributed by atoms with Gasteiger partial charge in [-0.15, -0.1) is 0 Å². The van der Waals surface area contributed by atoms with Crippen LogP contribution in [0.1, 0.15) is 20.8 Å². The number of nitrogens with zero attached hydrogens (tertiary/aromatic N) is 4. The first-order valence-electron chi connectivity index (χ1n) is 8.54. The molecular weight excluding hydrogens is 354 g/mol. The van der Waals surface area contributed by atoms with Gasteiger partial charge in [-0.25, -0.2) is 8.42 Å². The highest BCUT2D eigenvalue weighted by molar-refractivity contribution is 7.89. The lowest BCUT2D eigenvalue weighted by molar-refractivity contribution is -0.124. The molecule has 1 saturated heterocycles. The molecule has 1 aromatic heterocycles. The van der Waals surface area contributed by atoms with Crippen LogP contribution in [0, 0.1) is 17.2 Å². The van der Waals surface area contributed by atoms with Gasteiger partial charge in [0, 0.05) is 38.6 Å². The van der Waals surface area contributed by atoms with Gasteiger partial charge in [0.05, 0.1) is 12.6 Å². The van der Waals surface area contributed by atoms with Gasteiger partial charge in [-0.3, -0.25) is 14.7 Å². The van der Waals surface area contributed by atoms with Crippen molar-refractivity contribution in [2.45, 2.75) is 31.2 Å². The Morgan fingerprint density at radius 2 is 2.04 bits per heavy atom. The molecule has 1 unspecified atom stereocenters. The molecule has 8 nitrogen and oxygen atoms in total. The number of nitrogens with one attached hydrogen (secondary N) is 1. The number of amides is 1. The number of nitriles is 1. The molecule has 1 amide bonds. The summed E-state index contributed by atoms with van der Waals surface area (Å²) >= 11 is 0. The molecule has 1 N–H and O–H groups in total. The van der Waals surface area contributed by atoms with E-state index in [0.29, 0.717) is 26.2 Å². The summed E-state index contributed by atoms with van der Waals surface area (Å²) in [6.45, 7) is 7.14. The number of pyridine rings is 1. The van der Waals surface area contributed by atoms with Crippen molar-refractivity contribution in [1.29, 1.82) is 5.26 Å². The van der Waals surface area contributed by atoms with Crippen LogP contribution in [-0.4, -0.2) is 66.8 Å². The molecule has 0 radical (unpaired) electrons. The first kappa shape index (κ1) is 20.3. The summed E-state index contributed by atoms with van der Waals surface area (Å²) in [6, 6.07) is 5.26. The first-order valence-corrected chi connectivity index (χ1v) is 9.98. The Kier molecular flexibility index (Phi) is 6.34. The lowest BCUT2D eigenvalue weighted by Crippen LogP contribution is -2.55. The van der Waals surface area contributed by atoms with E-state index in [1.54, 1.807) is 13.0 Å². The van der Waals surface area contributed by atoms with Crippen molar-refractivity contribution >= 4 is 15.9 Å². The lowest BCUT2D eigenvalue weighted by Gasteiger charge is -2.34. The predicted octanol–water partition coefficient (Wildman–Crippen LogP) is 0.442. The maximum Gasteiger partial charge on any atom is 0.244 e. The van der Waals surface area contributed by atoms with Crippen LogP contribution in [0.5, 0.6) is 0 Å². The number of sulfonamides is 1. The van der Waals surface area contributed by atoms with E-state index < -0.39 is 15.6 Å². The van der Waals surface area contributed by atoms with Gasteiger partial charge < -0.3 is 5.32 Å². The van der Waals surface area contributed by atoms with E-state index in [1.165, 1.54) is 22.8 Å². The largest absolute Gasteiger partial charge is 0.337 e. The molecule has 26 heavy (non-hydrogen) atoms. The molecule has 0 aliphatic carbocycles. The minimum atomic E-state index is -3.56. The number of hydrogen-bond donors (Lipinski definition) is 1. The SMILES string of the molecule is CC(C)C(C)(C#N)NC(=O)CN1CCN(S(=O)(=O)c2cccnc2)CC1. The molecule has 1 aliphatic heterocycles. The van der Waals surface area contributed by atoms with E-state index in [1.807, 2.05) is 18.7 Å². The van der Waals surface area contributed by atoms with Gasteiger partial charge >= 0.3 is 0 Å². The molecule has 1 aromatic rings. The standard InChI is InChI=1S/C17H25N5O3S/c1-14(2)17(3,13-18)20-16(23)12-21-7-9-22(10-8-21)26(24,25)15-5-4-6-19-11-15/h4-6,11,14H,7-10,12H2,1-3H3,(H,20,23). The number of carbonyl (C=O) groups excluding carboxylic acids is 1. The molecule has 0 bridgehead atoms. The molecule has 142 valence electrons. The van der Waals surface area contributed by atoms with Crippen molar-refractivity contribution in [2.24, 2.45) is 5.92 Å². The van der Waals surface area contributed by atoms with Crippen molar-refractivity contribution in [3.05, 3.63) is 24.5 Å². The summed E-state index contributed by atoms with van der Waals surface area (Å²) < 4.78 is 26.5. The van der Waals surface area contributed by atoms with E-state index in [2.05, 4.69) is 16.4 Å². The van der Waals surface area contributed by atoms with Crippen LogP contribution in [0.15, 0.2) is 29.4 Å². The summed E-state index contributed by atoms with van der Waals surface area (Å²) in [4.78, 5) is 18.2. The Morgan fingerprint density at radius 1 is 1.38 bits per heavy atom. The summed E-state index contributed by atoms with van der Waals surface area (Å²) in [5.74, 6) is -0.246. The fourth-order valence-electron chi connectivity index (χ4n) is 2.61. The monoisotopic (exact) mass is 379 g/mol. The number of aromatic nitrogens is 1. The number of piperazine rings is 1. The maximum atomic E-state index is 12.6. The summed E-state index contributed by atoms with van der Waals surface area (Å²) in [6.07, 6.45) is 2.87. The smallest absolute Gasteiger partial charge is 0.244 e. The van der Waals surface area contributed by atoms with Crippen LogP contribution in [0.4, 0.5) is 0 Å². The Morgan fingerprint density at radius 3 is 2.54 bits per heavy atom. The van der Waals surface area contributed by atoms with Gasteiger partial charge in [-0.1, -0.05) is 13.8 Å². The van der Waals surface area contributed by atoms with E-state index in [-0.39, 0.29) is 23.3 Å². The number of rotatable bonds is 6. The van der Waals surface area contributed by atoms with E-state index in [4.69, 9.17) is 0 Å². The fourth-order valence-corrected chi connectivity index (χ4v) is 4.00. The topological polar surface area (TPSA) is 106 Å². The summed E-state index contributed by atoms with van der Waals surface area (Å²) in [5.41, 5.74) is -0.914. The molecule has 2 rings (SSSR count). The third-order valence-electron chi connectivity index (χ3n) is 4.76. The highest BCUT2D eigenvalue weighted by Gasteiger charge is 2.32. The van der Waals surface area contributed by atoms with Gasteiger partial charge in [0.25, 0.3) is 0 Å². The van der Waals surface area contributed by atoms with Gasteiger partial charge in [-0.05, 0) is 25.0 Å². The maximum absolute atomic E-state index is 12.6. The second kappa shape index (κ2) is 8.12. The van der Waals surface area contributed by atoms with Crippen LogP contribution in [0.25, 0.3) is 0 Å². The molecule has 1 aliphatic rings. The minimum absolute atomic E-state index is 0.0158. The lowest BCUT2D eigenvalue weighted by atomic mass is 9.90. The molecule has 1 fully saturated rings. The fraction of sp³-hybridized carbons (Fsp3) is 0.588. The zero-order valence-electron chi connectivity index (χ0n) is 15.3. The van der Waals surface area contributed by atoms with Gasteiger partial charge in [0.15, 0.2) is 0 Å². The molecule has 0 spiro atoms. The van der Waals surface area contributed by atoms with Crippen LogP contribution in [0.2, 0.25) is 0 Å². The van der Waals surface area contributed by atoms with Gasteiger partial charge in [-0.2, -0.15) is 9.57 Å². The van der Waals surface area contributed by atoms with Gasteiger partial charge in [0.2, 0.25) is 15.9 Å². The zero-order valence-corrected chi connectivity index (χ0v) is 16.2. The first-order chi connectivity index (χ1) is 12.2. The molecule has 0 saturated carbocycles. The third-order valence-corrected chi connectivity index (χ3v) is 6.64. The minimum Gasteiger partial charge on any atom is -0.337 e. The second-order valence-electron chi connectivity index (χ2n) is 6.89. The van der Waals surface area contributed by atoms with Crippen LogP contribution < -0.4 is 5.32 Å². The molecule has 1 atom stereocenters. The van der Waals surface area contributed by atoms with Gasteiger partial charge in [0.1, 0.15) is 10.4 Å². The Labute approximate surface area is 154 Å². The summed E-state index contributed by atoms with van der Waals surface area (Å²) in [7, 11) is -3.56. The van der Waals surface area contributed by atoms with Crippen LogP contribution in [0.3, 0.4) is 0 Å². The highest BCUT2D eigenvalue weighted by Crippen LogP contribution is 2.17. The van der Waals surface area contributed by atoms with E-state index in [9.17, 15) is 18.5 Å². The predicted molar refractivity (Wildman–Crippen MR) is 96.4 cm³/mol. The molecule has 0 aromatic carbocycles. The Balaban J connectivity index is 1.91. The molecular formula is C17H25N5O3S. The Hall–Kier alpha value is -2.02. The van der Waals surface area contributed by atoms with E-state index in [0.717, 1.165) is 0 Å². The van der Waals surface area contributed by atoms with Crippen molar-refractivity contribution < 1.29 is 13.2 Å². The van der Waals surface area contributed by atoms with Crippen molar-refractivity contribution in [3.63, 3.8) is 0 Å². The summed E-state index contributed by atoms with van der Waals surface area (Å²) in [5, 5.41) is 12.1. The second-order valence-corrected chi connectivity index (χ2v) is 8.82. The Bertz CT molecular complexity index is 767. The van der Waals surface area contributed by atoms with Crippen LogP contribution >= 0.6 is 0 Å². The number of hydrogen-bond acceptors (Lipinski definition) is 6. The number of carbonyl (C=O) groups is 1. The van der Waals surface area contributed by atoms with Crippen LogP contribution in [-0.2, 0) is 14.8 Å². The third kappa shape index (κ3) is 4.58. The normalized spacial score (nSPS) is 18.9. The quantitative estimate of drug-likeness (QED) is 0.769. The van der Waals surface area contributed by atoms with E-state index >= 15 is 0 Å². The van der Waals surface area contributed by atoms with Crippen molar-refractivity contribution in [2.75, 3.05) is 32.7 Å². The van der Waals surface area contributed by atoms with Crippen molar-refractivity contribution in [1.82, 2.24) is 19.5 Å². The highest BCUT2D eigenvalue weighted by atomic mass is 32.2. The average molecular weight is 379 g/mol. The molecule has 9 heteroatoms.